The number of hydrogen-bond acceptors (Lipinski definition) is 3. The van der Waals surface area contributed by atoms with Gasteiger partial charge < -0.3 is 5.11 Å². The number of carboxylic acids is 1. The van der Waals surface area contributed by atoms with Gasteiger partial charge in [-0.1, -0.05) is 68.2 Å². The van der Waals surface area contributed by atoms with Gasteiger partial charge in [0.15, 0.2) is 6.10 Å². The summed E-state index contributed by atoms with van der Waals surface area (Å²) in [6.45, 7) is 16.6. The molecule has 0 aromatic rings. The zero-order chi connectivity index (χ0) is 17.6. The van der Waals surface area contributed by atoms with E-state index in [9.17, 15) is 9.90 Å². The Bertz CT molecular complexity index is 325. The maximum atomic E-state index is 11.5. The van der Waals surface area contributed by atoms with Gasteiger partial charge in [0.1, 0.15) is 0 Å². The fraction of sp³-hybridized carbons (Fsp3) is 0.944. The average molecular weight is 316 g/mol. The summed E-state index contributed by atoms with van der Waals surface area (Å²) in [5.41, 5.74) is -0.0202. The molecule has 0 aromatic carbocycles. The van der Waals surface area contributed by atoms with Crippen molar-refractivity contribution >= 4 is 5.97 Å². The fourth-order valence-electron chi connectivity index (χ4n) is 2.59. The molecule has 0 rings (SSSR count). The van der Waals surface area contributed by atoms with Crippen LogP contribution in [0.4, 0.5) is 0 Å². The molecule has 3 unspecified atom stereocenters. The summed E-state index contributed by atoms with van der Waals surface area (Å²) in [5.74, 6) is -1.07. The lowest BCUT2D eigenvalue weighted by Crippen LogP contribution is -2.37. The Kier molecular flexibility index (Phi) is 8.63. The lowest BCUT2D eigenvalue weighted by Gasteiger charge is -2.32. The minimum absolute atomic E-state index is 0.0577. The zero-order valence-corrected chi connectivity index (χ0v) is 15.7. The van der Waals surface area contributed by atoms with Crippen molar-refractivity contribution in [1.82, 2.24) is 0 Å². The fourth-order valence-corrected chi connectivity index (χ4v) is 2.59. The standard InChI is InChI=1S/C18H36O4/c1-9-10-11-14(18(6,7)8)21-22-15(16(19)20)13(2)12-17(3,4)5/h13-15H,9-12H2,1-8H3,(H,19,20). The van der Waals surface area contributed by atoms with Crippen molar-refractivity contribution in [2.24, 2.45) is 16.7 Å². The molecule has 0 aromatic heterocycles. The highest BCUT2D eigenvalue weighted by Gasteiger charge is 2.33. The first-order valence-electron chi connectivity index (χ1n) is 8.43. The highest BCUT2D eigenvalue weighted by molar-refractivity contribution is 5.72. The molecule has 0 spiro atoms. The van der Waals surface area contributed by atoms with Crippen molar-refractivity contribution < 1.29 is 19.7 Å². The molecule has 0 heterocycles. The molecule has 132 valence electrons. The monoisotopic (exact) mass is 316 g/mol. The van der Waals surface area contributed by atoms with Crippen LogP contribution in [0.25, 0.3) is 0 Å². The zero-order valence-electron chi connectivity index (χ0n) is 15.7. The van der Waals surface area contributed by atoms with Gasteiger partial charge in [-0.05, 0) is 29.6 Å². The highest BCUT2D eigenvalue weighted by Crippen LogP contribution is 2.30. The Labute approximate surface area is 136 Å². The summed E-state index contributed by atoms with van der Waals surface area (Å²) in [5, 5.41) is 9.43. The third-order valence-corrected chi connectivity index (χ3v) is 3.76. The van der Waals surface area contributed by atoms with Crippen LogP contribution in [0.5, 0.6) is 0 Å². The largest absolute Gasteiger partial charge is 0.479 e. The molecule has 0 aliphatic rings. The van der Waals surface area contributed by atoms with Crippen LogP contribution in [0.1, 0.15) is 81.1 Å². The average Bonchev–Trinajstić information content (AvgIpc) is 2.28. The SMILES string of the molecule is CCCCC(OOC(C(=O)O)C(C)CC(C)(C)C)C(C)(C)C. The molecule has 1 N–H and O–H groups in total. The number of carboxylic acid groups (broad SMARTS) is 1. The molecule has 4 nitrogen and oxygen atoms in total. The summed E-state index contributed by atoms with van der Waals surface area (Å²) >= 11 is 0. The molecule has 0 aliphatic heterocycles. The topological polar surface area (TPSA) is 55.8 Å². The van der Waals surface area contributed by atoms with Crippen LogP contribution in [0.15, 0.2) is 0 Å². The van der Waals surface area contributed by atoms with Crippen molar-refractivity contribution in [3.8, 4) is 0 Å². The molecule has 0 radical (unpaired) electrons. The van der Waals surface area contributed by atoms with E-state index in [2.05, 4.69) is 48.5 Å². The molecule has 0 fully saturated rings. The second-order valence-corrected chi connectivity index (χ2v) is 8.69. The molecule has 0 amide bonds. The number of hydrogen-bond donors (Lipinski definition) is 1. The normalized spacial score (nSPS) is 17.1. The van der Waals surface area contributed by atoms with E-state index in [1.807, 2.05) is 6.92 Å². The summed E-state index contributed by atoms with van der Waals surface area (Å²) in [6.07, 6.45) is 2.74. The predicted octanol–water partition coefficient (Wildman–Crippen LogP) is 5.07. The quantitative estimate of drug-likeness (QED) is 0.477. The summed E-state index contributed by atoms with van der Waals surface area (Å²) in [6, 6.07) is 0. The third-order valence-electron chi connectivity index (χ3n) is 3.76. The maximum absolute atomic E-state index is 11.5. The molecule has 0 saturated carbocycles. The van der Waals surface area contributed by atoms with Crippen LogP contribution >= 0.6 is 0 Å². The number of unbranched alkanes of at least 4 members (excludes halogenated alkanes) is 1. The van der Waals surface area contributed by atoms with Crippen molar-refractivity contribution in [3.05, 3.63) is 0 Å². The van der Waals surface area contributed by atoms with E-state index in [0.29, 0.717) is 0 Å². The molecular formula is C18H36O4. The minimum atomic E-state index is -0.958. The molecule has 0 aliphatic carbocycles. The smallest absolute Gasteiger partial charge is 0.336 e. The maximum Gasteiger partial charge on any atom is 0.336 e. The first-order valence-corrected chi connectivity index (χ1v) is 8.43. The van der Waals surface area contributed by atoms with Gasteiger partial charge in [-0.15, -0.1) is 0 Å². The van der Waals surface area contributed by atoms with E-state index < -0.39 is 12.1 Å². The predicted molar refractivity (Wildman–Crippen MR) is 89.6 cm³/mol. The van der Waals surface area contributed by atoms with Crippen LogP contribution < -0.4 is 0 Å². The Morgan fingerprint density at radius 1 is 1.09 bits per heavy atom. The number of rotatable bonds is 9. The van der Waals surface area contributed by atoms with Crippen LogP contribution in [0.2, 0.25) is 0 Å². The highest BCUT2D eigenvalue weighted by atomic mass is 17.2. The van der Waals surface area contributed by atoms with Crippen molar-refractivity contribution in [3.63, 3.8) is 0 Å². The van der Waals surface area contributed by atoms with E-state index in [1.165, 1.54) is 0 Å². The van der Waals surface area contributed by atoms with Crippen molar-refractivity contribution in [1.29, 1.82) is 0 Å². The van der Waals surface area contributed by atoms with Gasteiger partial charge in [-0.25, -0.2) is 14.6 Å². The third kappa shape index (κ3) is 8.74. The van der Waals surface area contributed by atoms with Crippen LogP contribution in [-0.2, 0) is 14.6 Å². The molecule has 3 atom stereocenters. The molecule has 22 heavy (non-hydrogen) atoms. The Morgan fingerprint density at radius 3 is 2.00 bits per heavy atom. The second kappa shape index (κ2) is 8.88. The van der Waals surface area contributed by atoms with Gasteiger partial charge in [-0.2, -0.15) is 0 Å². The van der Waals surface area contributed by atoms with E-state index >= 15 is 0 Å². The van der Waals surface area contributed by atoms with E-state index in [4.69, 9.17) is 9.78 Å². The lowest BCUT2D eigenvalue weighted by molar-refractivity contribution is -0.368. The van der Waals surface area contributed by atoms with Gasteiger partial charge in [-0.3, -0.25) is 0 Å². The van der Waals surface area contributed by atoms with Crippen molar-refractivity contribution in [2.45, 2.75) is 93.3 Å². The molecular weight excluding hydrogens is 280 g/mol. The van der Waals surface area contributed by atoms with Gasteiger partial charge in [0, 0.05) is 0 Å². The first kappa shape index (κ1) is 21.4. The van der Waals surface area contributed by atoms with Gasteiger partial charge in [0.25, 0.3) is 0 Å². The Morgan fingerprint density at radius 2 is 1.64 bits per heavy atom. The van der Waals surface area contributed by atoms with Crippen LogP contribution in [0, 0.1) is 16.7 Å². The van der Waals surface area contributed by atoms with Gasteiger partial charge in [0.2, 0.25) is 0 Å². The summed E-state index contributed by atoms with van der Waals surface area (Å²) < 4.78 is 0. The Balaban J connectivity index is 4.76. The van der Waals surface area contributed by atoms with Gasteiger partial charge in [0.05, 0.1) is 6.10 Å². The molecule has 0 bridgehead atoms. The van der Waals surface area contributed by atoms with Crippen LogP contribution in [-0.4, -0.2) is 23.3 Å². The Hall–Kier alpha value is -0.610. The number of aliphatic carboxylic acids is 1. The summed E-state index contributed by atoms with van der Waals surface area (Å²) in [4.78, 5) is 22.5. The first-order chi connectivity index (χ1) is 9.88. The van der Waals surface area contributed by atoms with Gasteiger partial charge >= 0.3 is 5.97 Å². The van der Waals surface area contributed by atoms with Crippen molar-refractivity contribution in [2.75, 3.05) is 0 Å². The number of carbonyl (C=O) groups is 1. The molecule has 0 saturated heterocycles. The molecule has 4 heteroatoms. The summed E-state index contributed by atoms with van der Waals surface area (Å²) in [7, 11) is 0. The van der Waals surface area contributed by atoms with Crippen LogP contribution in [0.3, 0.4) is 0 Å². The van der Waals surface area contributed by atoms with E-state index in [-0.39, 0.29) is 22.9 Å². The second-order valence-electron chi connectivity index (χ2n) is 8.69. The van der Waals surface area contributed by atoms with E-state index in [0.717, 1.165) is 25.7 Å². The minimum Gasteiger partial charge on any atom is -0.479 e. The lowest BCUT2D eigenvalue weighted by atomic mass is 9.83. The van der Waals surface area contributed by atoms with E-state index in [1.54, 1.807) is 0 Å².